The van der Waals surface area contributed by atoms with E-state index in [0.29, 0.717) is 17.4 Å². The highest BCUT2D eigenvalue weighted by molar-refractivity contribution is 5.58. The highest BCUT2D eigenvalue weighted by Crippen LogP contribution is 2.20. The molecule has 2 N–H and O–H groups in total. The van der Waals surface area contributed by atoms with E-state index in [-0.39, 0.29) is 0 Å². The fourth-order valence-corrected chi connectivity index (χ4v) is 1.20. The van der Waals surface area contributed by atoms with Crippen LogP contribution in [0, 0.1) is 0 Å². The minimum absolute atomic E-state index is 0.560. The molecule has 1 aliphatic rings. The Morgan fingerprint density at radius 2 is 2.40 bits per heavy atom. The van der Waals surface area contributed by atoms with Crippen molar-refractivity contribution in [2.24, 2.45) is 0 Å². The second-order valence-corrected chi connectivity index (χ2v) is 2.82. The molecule has 0 aliphatic carbocycles. The number of anilines is 1. The fraction of sp³-hybridized carbons (Fsp3) is 0. The lowest BCUT2D eigenvalue weighted by Crippen LogP contribution is -2.29. The van der Waals surface area contributed by atoms with E-state index in [4.69, 9.17) is 9.36 Å². The number of imidazole rings is 1. The first-order valence-corrected chi connectivity index (χ1v) is 4.28. The van der Waals surface area contributed by atoms with E-state index in [1.165, 1.54) is 11.4 Å². The summed E-state index contributed by atoms with van der Waals surface area (Å²) in [6.07, 6.45) is 6.48. The van der Waals surface area contributed by atoms with Gasteiger partial charge in [-0.2, -0.15) is 0 Å². The van der Waals surface area contributed by atoms with Crippen molar-refractivity contribution in [3.8, 4) is 0 Å². The normalized spacial score (nSPS) is 14.7. The van der Waals surface area contributed by atoms with Gasteiger partial charge >= 0.3 is 0 Å². The summed E-state index contributed by atoms with van der Waals surface area (Å²) in [6, 6.07) is 1.71. The van der Waals surface area contributed by atoms with E-state index in [2.05, 4.69) is 20.6 Å². The highest BCUT2D eigenvalue weighted by atomic mass is 16.7. The second-order valence-electron chi connectivity index (χ2n) is 2.82. The van der Waals surface area contributed by atoms with Gasteiger partial charge in [0.05, 0.1) is 6.20 Å². The molecule has 15 heavy (non-hydrogen) atoms. The zero-order chi connectivity index (χ0) is 10.1. The zero-order valence-corrected chi connectivity index (χ0v) is 7.54. The molecule has 0 spiro atoms. The molecule has 0 radical (unpaired) electrons. The maximum atomic E-state index is 5.42. The van der Waals surface area contributed by atoms with Crippen LogP contribution in [0.25, 0.3) is 5.76 Å². The summed E-state index contributed by atoms with van der Waals surface area (Å²) >= 11 is 0. The Bertz CT molecular complexity index is 461. The van der Waals surface area contributed by atoms with Gasteiger partial charge in [0.15, 0.2) is 5.69 Å². The van der Waals surface area contributed by atoms with Crippen LogP contribution in [-0.4, -0.2) is 15.1 Å². The van der Waals surface area contributed by atoms with Crippen LogP contribution in [0.5, 0.6) is 0 Å². The number of rotatable bonds is 2. The van der Waals surface area contributed by atoms with Crippen LogP contribution in [0.2, 0.25) is 0 Å². The molecule has 0 amide bonds. The standard InChI is InChI=1S/C8H7N5O2/c1-4-14-12-6(1)7-5-11-13(15-7)8-9-2-3-10-8/h1-5,11H,(H,9,10). The van der Waals surface area contributed by atoms with Crippen LogP contribution in [0.4, 0.5) is 5.95 Å². The molecule has 7 nitrogen and oxygen atoms in total. The smallest absolute Gasteiger partial charge is 0.260 e. The summed E-state index contributed by atoms with van der Waals surface area (Å²) in [5.74, 6) is 1.13. The van der Waals surface area contributed by atoms with Gasteiger partial charge in [-0.3, -0.25) is 5.43 Å². The predicted octanol–water partition coefficient (Wildman–Crippen LogP) is 0.652. The largest absolute Gasteiger partial charge is 0.364 e. The van der Waals surface area contributed by atoms with Crippen molar-refractivity contribution in [3.05, 3.63) is 36.6 Å². The van der Waals surface area contributed by atoms with Gasteiger partial charge in [-0.15, -0.1) is 0 Å². The predicted molar refractivity (Wildman–Crippen MR) is 49.8 cm³/mol. The average molecular weight is 205 g/mol. The molecule has 0 aromatic carbocycles. The van der Waals surface area contributed by atoms with Gasteiger partial charge in [0.1, 0.15) is 6.26 Å². The van der Waals surface area contributed by atoms with Gasteiger partial charge in [0.25, 0.3) is 5.95 Å². The van der Waals surface area contributed by atoms with Crippen molar-refractivity contribution in [2.75, 3.05) is 5.17 Å². The monoisotopic (exact) mass is 205 g/mol. The van der Waals surface area contributed by atoms with Crippen molar-refractivity contribution in [1.29, 1.82) is 0 Å². The van der Waals surface area contributed by atoms with Crippen LogP contribution in [-0.2, 0) is 4.84 Å². The van der Waals surface area contributed by atoms with Gasteiger partial charge < -0.3 is 14.3 Å². The van der Waals surface area contributed by atoms with Gasteiger partial charge in [-0.25, -0.2) is 4.98 Å². The number of nitrogens with zero attached hydrogens (tertiary/aromatic N) is 3. The molecule has 0 atom stereocenters. The van der Waals surface area contributed by atoms with Crippen LogP contribution < -0.4 is 10.6 Å². The van der Waals surface area contributed by atoms with E-state index < -0.39 is 0 Å². The quantitative estimate of drug-likeness (QED) is 0.749. The number of aromatic nitrogens is 3. The summed E-state index contributed by atoms with van der Waals surface area (Å²) in [5, 5.41) is 5.14. The Kier molecular flexibility index (Phi) is 1.61. The molecular formula is C8H7N5O2. The summed E-state index contributed by atoms with van der Waals surface area (Å²) < 4.78 is 4.71. The van der Waals surface area contributed by atoms with Crippen LogP contribution in [0.3, 0.4) is 0 Å². The average Bonchev–Trinajstić information content (AvgIpc) is 3.02. The molecule has 2 aromatic heterocycles. The van der Waals surface area contributed by atoms with Crippen LogP contribution in [0.15, 0.2) is 35.4 Å². The lowest BCUT2D eigenvalue weighted by Gasteiger charge is -2.13. The molecular weight excluding hydrogens is 198 g/mol. The topological polar surface area (TPSA) is 79.2 Å². The first kappa shape index (κ1) is 7.92. The lowest BCUT2D eigenvalue weighted by molar-refractivity contribution is 0.235. The third-order valence-corrected chi connectivity index (χ3v) is 1.87. The number of nitrogens with one attached hydrogen (secondary N) is 2. The van der Waals surface area contributed by atoms with Gasteiger partial charge in [-0.05, 0) is 0 Å². The van der Waals surface area contributed by atoms with E-state index >= 15 is 0 Å². The van der Waals surface area contributed by atoms with E-state index in [0.717, 1.165) is 0 Å². The number of hydrogen-bond acceptors (Lipinski definition) is 6. The van der Waals surface area contributed by atoms with Gasteiger partial charge in [0, 0.05) is 18.5 Å². The third-order valence-electron chi connectivity index (χ3n) is 1.87. The molecule has 0 saturated carbocycles. The summed E-state index contributed by atoms with van der Waals surface area (Å²) in [7, 11) is 0. The molecule has 3 heterocycles. The van der Waals surface area contributed by atoms with Crippen molar-refractivity contribution < 1.29 is 9.36 Å². The number of hydrogen-bond donors (Lipinski definition) is 2. The summed E-state index contributed by atoms with van der Waals surface area (Å²) in [5.41, 5.74) is 3.49. The number of H-pyrrole nitrogens is 1. The summed E-state index contributed by atoms with van der Waals surface area (Å²) in [6.45, 7) is 0. The van der Waals surface area contributed by atoms with E-state index in [1.54, 1.807) is 24.7 Å². The minimum Gasteiger partial charge on any atom is -0.364 e. The van der Waals surface area contributed by atoms with Gasteiger partial charge in [0.2, 0.25) is 5.76 Å². The molecule has 0 saturated heterocycles. The minimum atomic E-state index is 0.560. The van der Waals surface area contributed by atoms with E-state index in [9.17, 15) is 0 Å². The maximum absolute atomic E-state index is 5.42. The van der Waals surface area contributed by atoms with Gasteiger partial charge in [-0.1, -0.05) is 10.3 Å². The number of hydrazine groups is 1. The second kappa shape index (κ2) is 3.05. The Hall–Kier alpha value is -2.44. The number of aromatic amines is 1. The Morgan fingerprint density at radius 3 is 3.13 bits per heavy atom. The zero-order valence-electron chi connectivity index (χ0n) is 7.54. The molecule has 3 rings (SSSR count). The van der Waals surface area contributed by atoms with Crippen molar-refractivity contribution in [1.82, 2.24) is 20.6 Å². The first-order chi connectivity index (χ1) is 7.43. The molecule has 0 fully saturated rings. The molecule has 0 unspecified atom stereocenters. The van der Waals surface area contributed by atoms with Crippen molar-refractivity contribution in [2.45, 2.75) is 0 Å². The maximum Gasteiger partial charge on any atom is 0.260 e. The molecule has 76 valence electrons. The first-order valence-electron chi connectivity index (χ1n) is 4.28. The SMILES string of the molecule is C1=C(c2ccon2)ON(c2ncc[nH]2)N1. The van der Waals surface area contributed by atoms with E-state index in [1.807, 2.05) is 0 Å². The molecule has 7 heteroatoms. The third kappa shape index (κ3) is 1.30. The Morgan fingerprint density at radius 1 is 1.40 bits per heavy atom. The molecule has 2 aromatic rings. The van der Waals surface area contributed by atoms with Crippen LogP contribution in [0.1, 0.15) is 5.69 Å². The summed E-state index contributed by atoms with van der Waals surface area (Å²) in [4.78, 5) is 12.3. The Labute approximate surface area is 84.3 Å². The van der Waals surface area contributed by atoms with Crippen LogP contribution >= 0.6 is 0 Å². The van der Waals surface area contributed by atoms with Crippen molar-refractivity contribution >= 4 is 11.7 Å². The molecule has 1 aliphatic heterocycles. The highest BCUT2D eigenvalue weighted by Gasteiger charge is 2.20. The fourth-order valence-electron chi connectivity index (χ4n) is 1.20. The lowest BCUT2D eigenvalue weighted by atomic mass is 10.4. The van der Waals surface area contributed by atoms with Crippen molar-refractivity contribution in [3.63, 3.8) is 0 Å². The molecule has 0 bridgehead atoms. The Balaban J connectivity index is 1.78.